The van der Waals surface area contributed by atoms with Gasteiger partial charge in [0, 0.05) is 18.2 Å². The molecule has 0 fully saturated rings. The van der Waals surface area contributed by atoms with Crippen molar-refractivity contribution >= 4 is 23.1 Å². The topological polar surface area (TPSA) is 100 Å². The summed E-state index contributed by atoms with van der Waals surface area (Å²) in [6.45, 7) is 1.18. The lowest BCUT2D eigenvalue weighted by molar-refractivity contribution is -0.117. The summed E-state index contributed by atoms with van der Waals surface area (Å²) in [5.74, 6) is -0.0587. The third kappa shape index (κ3) is 3.28. The summed E-state index contributed by atoms with van der Waals surface area (Å²) in [5, 5.41) is 15.0. The molecule has 2 heterocycles. The highest BCUT2D eigenvalue weighted by Crippen LogP contribution is 2.42. The van der Waals surface area contributed by atoms with E-state index >= 15 is 0 Å². The van der Waals surface area contributed by atoms with Gasteiger partial charge in [-0.2, -0.15) is 5.26 Å². The average molecular weight is 375 g/mol. The molecule has 140 valence electrons. The zero-order valence-corrected chi connectivity index (χ0v) is 15.0. The molecule has 0 radical (unpaired) electrons. The molecule has 28 heavy (non-hydrogen) atoms. The number of fused-ring (bicyclic) bond motifs is 2. The van der Waals surface area contributed by atoms with Crippen molar-refractivity contribution in [2.75, 3.05) is 25.1 Å². The number of benzene rings is 2. The second-order valence-corrected chi connectivity index (χ2v) is 6.35. The van der Waals surface area contributed by atoms with E-state index in [1.165, 1.54) is 0 Å². The molecule has 2 aliphatic rings. The van der Waals surface area contributed by atoms with E-state index < -0.39 is 11.8 Å². The molecule has 2 N–H and O–H groups in total. The van der Waals surface area contributed by atoms with Gasteiger partial charge in [0.25, 0.3) is 11.8 Å². The molecule has 0 bridgehead atoms. The first-order valence-electron chi connectivity index (χ1n) is 8.89. The van der Waals surface area contributed by atoms with Crippen molar-refractivity contribution < 1.29 is 19.1 Å². The first-order chi connectivity index (χ1) is 13.7. The Balaban J connectivity index is 1.59. The van der Waals surface area contributed by atoms with Gasteiger partial charge >= 0.3 is 0 Å². The monoisotopic (exact) mass is 375 g/mol. The highest BCUT2D eigenvalue weighted by Gasteiger charge is 2.32. The molecule has 2 amide bonds. The fourth-order valence-electron chi connectivity index (χ4n) is 3.23. The lowest BCUT2D eigenvalue weighted by atomic mass is 10.0. The Bertz CT molecular complexity index is 1020. The first-order valence-corrected chi connectivity index (χ1v) is 8.89. The van der Waals surface area contributed by atoms with Crippen LogP contribution in [0.4, 0.5) is 5.69 Å². The molecule has 7 nitrogen and oxygen atoms in total. The van der Waals surface area contributed by atoms with Crippen LogP contribution in [0, 0.1) is 11.3 Å². The Labute approximate surface area is 161 Å². The van der Waals surface area contributed by atoms with Gasteiger partial charge in [0.05, 0.1) is 11.3 Å². The molecule has 0 saturated carbocycles. The number of carbonyl (C=O) groups is 2. The second kappa shape index (κ2) is 7.45. The normalized spacial score (nSPS) is 15.9. The lowest BCUT2D eigenvalue weighted by Gasteiger charge is -2.19. The van der Waals surface area contributed by atoms with Gasteiger partial charge in [-0.1, -0.05) is 30.3 Å². The van der Waals surface area contributed by atoms with Crippen LogP contribution in [-0.2, 0) is 16.0 Å². The SMILES string of the molecule is N#CC(C(=O)NCCc1ccccc1)=C1C(=O)Nc2cc3c(cc21)OCCO3. The minimum Gasteiger partial charge on any atom is -0.486 e. The second-order valence-electron chi connectivity index (χ2n) is 6.35. The molecular weight excluding hydrogens is 358 g/mol. The molecule has 2 aromatic rings. The van der Waals surface area contributed by atoms with Crippen LogP contribution in [-0.4, -0.2) is 31.6 Å². The molecule has 0 unspecified atom stereocenters. The van der Waals surface area contributed by atoms with Crippen molar-refractivity contribution in [3.63, 3.8) is 0 Å². The van der Waals surface area contributed by atoms with Gasteiger partial charge in [-0.15, -0.1) is 0 Å². The standard InChI is InChI=1S/C21H17N3O4/c22-12-15(20(25)23-7-6-13-4-2-1-3-5-13)19-14-10-17-18(28-9-8-27-17)11-16(14)24-21(19)26/h1-5,10-11H,6-9H2,(H,23,25)(H,24,26). The van der Waals surface area contributed by atoms with Crippen molar-refractivity contribution in [3.8, 4) is 17.6 Å². The van der Waals surface area contributed by atoms with E-state index in [0.717, 1.165) is 5.56 Å². The van der Waals surface area contributed by atoms with Gasteiger partial charge in [0.1, 0.15) is 24.9 Å². The molecule has 0 spiro atoms. The Morgan fingerprint density at radius 1 is 1.14 bits per heavy atom. The van der Waals surface area contributed by atoms with Gasteiger partial charge < -0.3 is 20.1 Å². The van der Waals surface area contributed by atoms with E-state index in [0.29, 0.717) is 48.9 Å². The maximum absolute atomic E-state index is 12.6. The predicted molar refractivity (Wildman–Crippen MR) is 102 cm³/mol. The Hall–Kier alpha value is -3.79. The van der Waals surface area contributed by atoms with E-state index in [9.17, 15) is 14.9 Å². The Morgan fingerprint density at radius 2 is 1.86 bits per heavy atom. The van der Waals surface area contributed by atoms with E-state index in [1.54, 1.807) is 12.1 Å². The van der Waals surface area contributed by atoms with Gasteiger partial charge in [0.2, 0.25) is 0 Å². The number of anilines is 1. The van der Waals surface area contributed by atoms with E-state index in [1.807, 2.05) is 36.4 Å². The van der Waals surface area contributed by atoms with E-state index in [-0.39, 0.29) is 11.1 Å². The maximum atomic E-state index is 12.6. The zero-order chi connectivity index (χ0) is 19.5. The highest BCUT2D eigenvalue weighted by molar-refractivity contribution is 6.36. The number of rotatable bonds is 4. The number of ether oxygens (including phenoxy) is 2. The smallest absolute Gasteiger partial charge is 0.262 e. The van der Waals surface area contributed by atoms with Crippen LogP contribution < -0.4 is 20.1 Å². The fourth-order valence-corrected chi connectivity index (χ4v) is 3.23. The summed E-state index contributed by atoms with van der Waals surface area (Å²) in [7, 11) is 0. The Kier molecular flexibility index (Phi) is 4.68. The van der Waals surface area contributed by atoms with Gasteiger partial charge in [-0.05, 0) is 18.1 Å². The number of carbonyl (C=O) groups excluding carboxylic acids is 2. The van der Waals surface area contributed by atoms with Crippen LogP contribution >= 0.6 is 0 Å². The molecule has 4 rings (SSSR count). The molecule has 2 aliphatic heterocycles. The first kappa shape index (κ1) is 17.6. The van der Waals surface area contributed by atoms with Crippen molar-refractivity contribution in [2.24, 2.45) is 0 Å². The third-order valence-electron chi connectivity index (χ3n) is 4.56. The summed E-state index contributed by atoms with van der Waals surface area (Å²) in [6.07, 6.45) is 0.627. The van der Waals surface area contributed by atoms with Crippen molar-refractivity contribution in [2.45, 2.75) is 6.42 Å². The van der Waals surface area contributed by atoms with Crippen molar-refractivity contribution in [1.82, 2.24) is 5.32 Å². The third-order valence-corrected chi connectivity index (χ3v) is 4.56. The van der Waals surface area contributed by atoms with Crippen LogP contribution in [0.2, 0.25) is 0 Å². The van der Waals surface area contributed by atoms with Gasteiger partial charge in [-0.25, -0.2) is 0 Å². The number of hydrogen-bond donors (Lipinski definition) is 2. The van der Waals surface area contributed by atoms with Crippen LogP contribution in [0.5, 0.6) is 11.5 Å². The molecule has 0 aliphatic carbocycles. The molecular formula is C21H17N3O4. The minimum atomic E-state index is -0.577. The van der Waals surface area contributed by atoms with Crippen LogP contribution in [0.1, 0.15) is 11.1 Å². The Morgan fingerprint density at radius 3 is 2.57 bits per heavy atom. The zero-order valence-electron chi connectivity index (χ0n) is 15.0. The molecule has 0 aromatic heterocycles. The summed E-state index contributed by atoms with van der Waals surface area (Å²) >= 11 is 0. The summed E-state index contributed by atoms with van der Waals surface area (Å²) in [4.78, 5) is 25.0. The van der Waals surface area contributed by atoms with Gasteiger partial charge in [-0.3, -0.25) is 9.59 Å². The summed E-state index contributed by atoms with van der Waals surface area (Å²) in [6, 6.07) is 14.8. The van der Waals surface area contributed by atoms with E-state index in [2.05, 4.69) is 10.6 Å². The van der Waals surface area contributed by atoms with Crippen LogP contribution in [0.3, 0.4) is 0 Å². The molecule has 0 saturated heterocycles. The molecule has 0 atom stereocenters. The highest BCUT2D eigenvalue weighted by atomic mass is 16.6. The molecule has 7 heteroatoms. The predicted octanol–water partition coefficient (Wildman–Crippen LogP) is 2.05. The summed E-state index contributed by atoms with van der Waals surface area (Å²) < 4.78 is 11.1. The maximum Gasteiger partial charge on any atom is 0.262 e. The lowest BCUT2D eigenvalue weighted by Crippen LogP contribution is -2.28. The largest absolute Gasteiger partial charge is 0.486 e. The molecule has 2 aromatic carbocycles. The van der Waals surface area contributed by atoms with E-state index in [4.69, 9.17) is 9.47 Å². The van der Waals surface area contributed by atoms with Crippen LogP contribution in [0.25, 0.3) is 5.57 Å². The fraction of sp³-hybridized carbons (Fsp3) is 0.190. The minimum absolute atomic E-state index is 0.0479. The number of amides is 2. The number of hydrogen-bond acceptors (Lipinski definition) is 5. The summed E-state index contributed by atoms with van der Waals surface area (Å²) in [5.41, 5.74) is 1.85. The van der Waals surface area contributed by atoms with Gasteiger partial charge in [0.15, 0.2) is 11.5 Å². The number of nitrogens with zero attached hydrogens (tertiary/aromatic N) is 1. The van der Waals surface area contributed by atoms with Crippen molar-refractivity contribution in [3.05, 3.63) is 59.2 Å². The van der Waals surface area contributed by atoms with Crippen molar-refractivity contribution in [1.29, 1.82) is 5.26 Å². The average Bonchev–Trinajstić information content (AvgIpc) is 3.02. The van der Waals surface area contributed by atoms with Crippen LogP contribution in [0.15, 0.2) is 48.0 Å². The number of nitriles is 1. The number of nitrogens with one attached hydrogen (secondary N) is 2. The quantitative estimate of drug-likeness (QED) is 0.629.